The molecule has 3 aromatic rings. The molecule has 0 saturated heterocycles. The third kappa shape index (κ3) is 3.58. The quantitative estimate of drug-likeness (QED) is 0.595. The van der Waals surface area contributed by atoms with Gasteiger partial charge in [-0.2, -0.15) is 4.52 Å². The summed E-state index contributed by atoms with van der Waals surface area (Å²) >= 11 is 0. The molecular formula is C20H23N5O5S. The minimum atomic E-state index is -3.75. The number of ether oxygens (including phenoxy) is 1. The molecule has 2 aromatic heterocycles. The predicted octanol–water partition coefficient (Wildman–Crippen LogP) is 1.20. The molecule has 0 unspecified atom stereocenters. The summed E-state index contributed by atoms with van der Waals surface area (Å²) in [5.74, 6) is 0.273. The van der Waals surface area contributed by atoms with Crippen molar-refractivity contribution in [2.45, 2.75) is 44.0 Å². The minimum Gasteiger partial charge on any atom is -0.490 e. The van der Waals surface area contributed by atoms with E-state index >= 15 is 0 Å². The molecule has 0 atom stereocenters. The summed E-state index contributed by atoms with van der Waals surface area (Å²) in [6, 6.07) is 8.28. The first-order valence-corrected chi connectivity index (χ1v) is 11.2. The van der Waals surface area contributed by atoms with Gasteiger partial charge in [0.05, 0.1) is 17.0 Å². The second-order valence-corrected chi connectivity index (χ2v) is 11.0. The zero-order valence-electron chi connectivity index (χ0n) is 17.7. The first-order valence-electron chi connectivity index (χ1n) is 9.74. The number of carbonyl (C=O) groups is 1. The average molecular weight is 446 g/mol. The highest BCUT2D eigenvalue weighted by molar-refractivity contribution is 7.92. The topological polar surface area (TPSA) is 116 Å². The van der Waals surface area contributed by atoms with Gasteiger partial charge in [-0.15, -0.1) is 10.2 Å². The Balaban J connectivity index is 1.68. The number of anilines is 1. The van der Waals surface area contributed by atoms with Gasteiger partial charge in [-0.3, -0.25) is 4.79 Å². The van der Waals surface area contributed by atoms with E-state index in [1.165, 1.54) is 12.1 Å². The number of benzene rings is 1. The summed E-state index contributed by atoms with van der Waals surface area (Å²) in [4.78, 5) is 27.3. The van der Waals surface area contributed by atoms with Gasteiger partial charge in [0, 0.05) is 0 Å². The van der Waals surface area contributed by atoms with Gasteiger partial charge in [-0.25, -0.2) is 17.9 Å². The van der Waals surface area contributed by atoms with E-state index in [0.29, 0.717) is 24.6 Å². The number of hydrogen-bond acceptors (Lipinski definition) is 7. The Bertz CT molecular complexity index is 1350. The van der Waals surface area contributed by atoms with E-state index in [-0.39, 0.29) is 23.1 Å². The molecule has 0 saturated carbocycles. The number of nitrogens with zero attached hydrogens (tertiary/aromatic N) is 5. The molecule has 1 aliphatic heterocycles. The van der Waals surface area contributed by atoms with Gasteiger partial charge >= 0.3 is 5.69 Å². The normalized spacial score (nSPS) is 14.4. The Morgan fingerprint density at radius 3 is 2.61 bits per heavy atom. The maximum Gasteiger partial charge on any atom is 0.367 e. The highest BCUT2D eigenvalue weighted by Gasteiger charge is 2.33. The van der Waals surface area contributed by atoms with Gasteiger partial charge in [0.2, 0.25) is 15.7 Å². The number of aromatic nitrogens is 4. The van der Waals surface area contributed by atoms with Crippen LogP contribution in [0.4, 0.5) is 5.69 Å². The lowest BCUT2D eigenvalue weighted by molar-refractivity contribution is -0.119. The largest absolute Gasteiger partial charge is 0.490 e. The van der Waals surface area contributed by atoms with Crippen LogP contribution in [0.1, 0.15) is 26.3 Å². The standard InChI is InChI=1S/C20H23N5O5S/c1-13-5-6-15-14(11-13)23(9-10-30-15)18(26)12-24-19(27)25-16(21-24)7-8-17(22-25)31(28,29)20(2,3)4/h5-8,11H,9-10,12H2,1-4H3. The van der Waals surface area contributed by atoms with E-state index < -0.39 is 20.3 Å². The molecule has 11 heteroatoms. The molecule has 0 radical (unpaired) electrons. The van der Waals surface area contributed by atoms with E-state index in [9.17, 15) is 18.0 Å². The van der Waals surface area contributed by atoms with Crippen LogP contribution in [0.5, 0.6) is 5.75 Å². The number of hydrogen-bond donors (Lipinski definition) is 0. The van der Waals surface area contributed by atoms with E-state index in [1.807, 2.05) is 25.1 Å². The fourth-order valence-electron chi connectivity index (χ4n) is 3.25. The van der Waals surface area contributed by atoms with Crippen LogP contribution in [0.3, 0.4) is 0 Å². The molecule has 4 rings (SSSR count). The Kier molecular flexibility index (Phi) is 4.88. The molecule has 1 aliphatic rings. The van der Waals surface area contributed by atoms with Crippen LogP contribution in [-0.4, -0.2) is 51.6 Å². The molecule has 0 aliphatic carbocycles. The highest BCUT2D eigenvalue weighted by atomic mass is 32.2. The SMILES string of the molecule is Cc1ccc2c(c1)N(C(=O)Cn1nc3ccc(S(=O)(=O)C(C)(C)C)nn3c1=O)CCO2. The van der Waals surface area contributed by atoms with Crippen LogP contribution >= 0.6 is 0 Å². The zero-order chi connectivity index (χ0) is 22.6. The van der Waals surface area contributed by atoms with Gasteiger partial charge in [0.15, 0.2) is 10.7 Å². The van der Waals surface area contributed by atoms with Gasteiger partial charge in [-0.1, -0.05) is 6.07 Å². The van der Waals surface area contributed by atoms with Crippen molar-refractivity contribution < 1.29 is 17.9 Å². The maximum atomic E-state index is 13.0. The second kappa shape index (κ2) is 7.19. The van der Waals surface area contributed by atoms with Crippen molar-refractivity contribution in [3.63, 3.8) is 0 Å². The van der Waals surface area contributed by atoms with Crippen molar-refractivity contribution in [3.05, 3.63) is 46.4 Å². The molecule has 1 aromatic carbocycles. The third-order valence-electron chi connectivity index (χ3n) is 5.06. The summed E-state index contributed by atoms with van der Waals surface area (Å²) in [5.41, 5.74) is 1.09. The summed E-state index contributed by atoms with van der Waals surface area (Å²) in [7, 11) is -3.75. The second-order valence-electron chi connectivity index (χ2n) is 8.36. The van der Waals surface area contributed by atoms with E-state index in [1.54, 1.807) is 25.7 Å². The first-order chi connectivity index (χ1) is 14.5. The summed E-state index contributed by atoms with van der Waals surface area (Å²) in [6.45, 7) is 6.97. The summed E-state index contributed by atoms with van der Waals surface area (Å²) in [5, 5.41) is 7.90. The summed E-state index contributed by atoms with van der Waals surface area (Å²) in [6.07, 6.45) is 0. The molecule has 31 heavy (non-hydrogen) atoms. The lowest BCUT2D eigenvalue weighted by Gasteiger charge is -2.29. The molecule has 10 nitrogen and oxygen atoms in total. The number of amides is 1. The number of sulfone groups is 1. The Morgan fingerprint density at radius 1 is 1.16 bits per heavy atom. The zero-order valence-corrected chi connectivity index (χ0v) is 18.5. The van der Waals surface area contributed by atoms with Crippen LogP contribution in [0, 0.1) is 6.92 Å². The van der Waals surface area contributed by atoms with Crippen LogP contribution < -0.4 is 15.3 Å². The molecule has 0 fully saturated rings. The number of carbonyl (C=O) groups excluding carboxylic acids is 1. The van der Waals surface area contributed by atoms with E-state index in [4.69, 9.17) is 4.74 Å². The van der Waals surface area contributed by atoms with Crippen LogP contribution in [0.2, 0.25) is 0 Å². The van der Waals surface area contributed by atoms with Gasteiger partial charge in [-0.05, 0) is 57.5 Å². The fraction of sp³-hybridized carbons (Fsp3) is 0.400. The molecule has 0 N–H and O–H groups in total. The Morgan fingerprint density at radius 2 is 1.90 bits per heavy atom. The lowest BCUT2D eigenvalue weighted by Crippen LogP contribution is -2.41. The number of rotatable bonds is 3. The van der Waals surface area contributed by atoms with Gasteiger partial charge in [0.25, 0.3) is 0 Å². The van der Waals surface area contributed by atoms with Crippen LogP contribution in [0.15, 0.2) is 40.2 Å². The molecule has 3 heterocycles. The van der Waals surface area contributed by atoms with Crippen LogP contribution in [0.25, 0.3) is 5.65 Å². The highest BCUT2D eigenvalue weighted by Crippen LogP contribution is 2.32. The Labute approximate surface area is 179 Å². The van der Waals surface area contributed by atoms with Crippen LogP contribution in [-0.2, 0) is 21.2 Å². The minimum absolute atomic E-state index is 0.156. The molecular weight excluding hydrogens is 422 g/mol. The average Bonchev–Trinajstić information content (AvgIpc) is 3.01. The summed E-state index contributed by atoms with van der Waals surface area (Å²) < 4.78 is 31.8. The van der Waals surface area contributed by atoms with E-state index in [2.05, 4.69) is 10.2 Å². The fourth-order valence-corrected chi connectivity index (χ4v) is 4.32. The predicted molar refractivity (Wildman–Crippen MR) is 113 cm³/mol. The molecule has 1 amide bonds. The van der Waals surface area contributed by atoms with Crippen molar-refractivity contribution in [1.29, 1.82) is 0 Å². The molecule has 0 bridgehead atoms. The lowest BCUT2D eigenvalue weighted by atomic mass is 10.1. The van der Waals surface area contributed by atoms with Crippen molar-refractivity contribution >= 4 is 27.1 Å². The molecule has 164 valence electrons. The van der Waals surface area contributed by atoms with Crippen molar-refractivity contribution in [2.75, 3.05) is 18.1 Å². The first kappa shape index (κ1) is 21.0. The third-order valence-corrected chi connectivity index (χ3v) is 7.44. The van der Waals surface area contributed by atoms with Crippen molar-refractivity contribution in [1.82, 2.24) is 19.4 Å². The number of aryl methyl sites for hydroxylation is 1. The smallest absolute Gasteiger partial charge is 0.367 e. The van der Waals surface area contributed by atoms with Crippen molar-refractivity contribution in [3.8, 4) is 5.75 Å². The van der Waals surface area contributed by atoms with E-state index in [0.717, 1.165) is 14.8 Å². The Hall–Kier alpha value is -3.21. The van der Waals surface area contributed by atoms with Crippen molar-refractivity contribution in [2.24, 2.45) is 0 Å². The monoisotopic (exact) mass is 445 g/mol. The van der Waals surface area contributed by atoms with Gasteiger partial charge < -0.3 is 9.64 Å². The molecule has 0 spiro atoms. The maximum absolute atomic E-state index is 13.0. The number of fused-ring (bicyclic) bond motifs is 2. The van der Waals surface area contributed by atoms with Gasteiger partial charge in [0.1, 0.15) is 18.9 Å².